The van der Waals surface area contributed by atoms with Crippen LogP contribution in [0.15, 0.2) is 30.3 Å². The summed E-state index contributed by atoms with van der Waals surface area (Å²) in [5.41, 5.74) is 3.01. The lowest BCUT2D eigenvalue weighted by Gasteiger charge is -2.54. The zero-order valence-electron chi connectivity index (χ0n) is 26.7. The van der Waals surface area contributed by atoms with Gasteiger partial charge in [-0.3, -0.25) is 0 Å². The van der Waals surface area contributed by atoms with E-state index in [-0.39, 0.29) is 6.61 Å². The van der Waals surface area contributed by atoms with E-state index in [0.29, 0.717) is 39.9 Å². The third-order valence-corrected chi connectivity index (χ3v) is 21.3. The first kappa shape index (κ1) is 34.6. The Morgan fingerprint density at radius 1 is 0.692 bits per heavy atom. The molecule has 1 aliphatic rings. The first-order valence-electron chi connectivity index (χ1n) is 15.1. The molecule has 5 atom stereocenters. The molecule has 0 radical (unpaired) electrons. The van der Waals surface area contributed by atoms with Crippen molar-refractivity contribution in [2.24, 2.45) is 0 Å². The second kappa shape index (κ2) is 14.5. The molecule has 226 valence electrons. The predicted octanol–water partition coefficient (Wildman–Crippen LogP) is 7.40. The largest absolute Gasteiger partial charge is 0.408 e. The van der Waals surface area contributed by atoms with Crippen molar-refractivity contribution in [3.05, 3.63) is 35.9 Å². The van der Waals surface area contributed by atoms with Crippen LogP contribution in [0.2, 0.25) is 33.2 Å². The smallest absolute Gasteiger partial charge is 0.201 e. The SMILES string of the molecule is CC(C)[Si](OC1C(O[Si](C(C)C)(C(C)C)C(C)C)[C@@H](O)C(CO)O[C@H]1OCc1ccccc1)(C(C)C)C(C)C. The molecule has 1 heterocycles. The van der Waals surface area contributed by atoms with Gasteiger partial charge in [-0.05, 0) is 38.8 Å². The third kappa shape index (κ3) is 7.26. The zero-order valence-corrected chi connectivity index (χ0v) is 28.7. The van der Waals surface area contributed by atoms with Crippen molar-refractivity contribution in [2.45, 2.75) is 154 Å². The van der Waals surface area contributed by atoms with Crippen molar-refractivity contribution < 1.29 is 28.5 Å². The van der Waals surface area contributed by atoms with Crippen LogP contribution in [0, 0.1) is 0 Å². The molecule has 1 saturated heterocycles. The van der Waals surface area contributed by atoms with E-state index in [2.05, 4.69) is 83.1 Å². The van der Waals surface area contributed by atoms with Crippen LogP contribution in [0.5, 0.6) is 0 Å². The van der Waals surface area contributed by atoms with Crippen molar-refractivity contribution in [3.8, 4) is 0 Å². The first-order valence-corrected chi connectivity index (χ1v) is 19.4. The summed E-state index contributed by atoms with van der Waals surface area (Å²) < 4.78 is 27.4. The summed E-state index contributed by atoms with van der Waals surface area (Å²) in [6, 6.07) is 10.0. The highest BCUT2D eigenvalue weighted by Crippen LogP contribution is 2.48. The molecule has 0 aliphatic carbocycles. The van der Waals surface area contributed by atoms with Crippen LogP contribution in [-0.2, 0) is 24.9 Å². The highest BCUT2D eigenvalue weighted by molar-refractivity contribution is 6.78. The number of aliphatic hydroxyl groups is 2. The van der Waals surface area contributed by atoms with Gasteiger partial charge in [0.15, 0.2) is 6.29 Å². The van der Waals surface area contributed by atoms with E-state index in [9.17, 15) is 10.2 Å². The minimum Gasteiger partial charge on any atom is -0.408 e. The zero-order chi connectivity index (χ0) is 29.7. The van der Waals surface area contributed by atoms with E-state index in [1.807, 2.05) is 30.3 Å². The van der Waals surface area contributed by atoms with Gasteiger partial charge >= 0.3 is 0 Å². The van der Waals surface area contributed by atoms with E-state index in [1.54, 1.807) is 0 Å². The van der Waals surface area contributed by atoms with E-state index in [4.69, 9.17) is 18.3 Å². The van der Waals surface area contributed by atoms with Gasteiger partial charge < -0.3 is 28.5 Å². The summed E-state index contributed by atoms with van der Waals surface area (Å²) in [6.07, 6.45) is -3.91. The molecular formula is C31H58O6Si2. The van der Waals surface area contributed by atoms with Gasteiger partial charge in [-0.25, -0.2) is 0 Å². The van der Waals surface area contributed by atoms with E-state index in [1.165, 1.54) is 0 Å². The van der Waals surface area contributed by atoms with Crippen LogP contribution in [0.4, 0.5) is 0 Å². The van der Waals surface area contributed by atoms with Crippen LogP contribution in [-0.4, -0.2) is 64.2 Å². The quantitative estimate of drug-likeness (QED) is 0.223. The maximum absolute atomic E-state index is 11.7. The summed E-state index contributed by atoms with van der Waals surface area (Å²) in [5.74, 6) is 0. The second-order valence-electron chi connectivity index (χ2n) is 13.3. The van der Waals surface area contributed by atoms with Gasteiger partial charge in [-0.15, -0.1) is 0 Å². The summed E-state index contributed by atoms with van der Waals surface area (Å²) in [6.45, 7) is 27.0. The lowest BCUT2D eigenvalue weighted by Crippen LogP contribution is -2.67. The molecule has 2 rings (SSSR count). The summed E-state index contributed by atoms with van der Waals surface area (Å²) in [5, 5.41) is 22.0. The molecule has 0 saturated carbocycles. The van der Waals surface area contributed by atoms with Crippen molar-refractivity contribution >= 4 is 16.6 Å². The van der Waals surface area contributed by atoms with Crippen molar-refractivity contribution in [1.82, 2.24) is 0 Å². The second-order valence-corrected chi connectivity index (χ2v) is 24.1. The Labute approximate surface area is 241 Å². The van der Waals surface area contributed by atoms with Gasteiger partial charge in [0.25, 0.3) is 0 Å². The molecule has 2 N–H and O–H groups in total. The molecule has 0 aromatic heterocycles. The minimum atomic E-state index is -2.43. The van der Waals surface area contributed by atoms with Gasteiger partial charge in [0.05, 0.1) is 13.2 Å². The number of benzene rings is 1. The summed E-state index contributed by atoms with van der Waals surface area (Å²) in [7, 11) is -4.86. The number of hydrogen-bond donors (Lipinski definition) is 2. The Hall–Kier alpha value is -0.586. The van der Waals surface area contributed by atoms with Crippen LogP contribution < -0.4 is 0 Å². The van der Waals surface area contributed by atoms with Crippen LogP contribution in [0.3, 0.4) is 0 Å². The predicted molar refractivity (Wildman–Crippen MR) is 165 cm³/mol. The third-order valence-electron chi connectivity index (χ3n) is 9.15. The Balaban J connectivity index is 2.67. The van der Waals surface area contributed by atoms with Crippen molar-refractivity contribution in [3.63, 3.8) is 0 Å². The van der Waals surface area contributed by atoms with Gasteiger partial charge in [-0.1, -0.05) is 113 Å². The maximum atomic E-state index is 11.7. The lowest BCUT2D eigenvalue weighted by atomic mass is 9.99. The molecular weight excluding hydrogens is 525 g/mol. The monoisotopic (exact) mass is 582 g/mol. The van der Waals surface area contributed by atoms with Crippen LogP contribution in [0.25, 0.3) is 0 Å². The highest BCUT2D eigenvalue weighted by Gasteiger charge is 2.57. The van der Waals surface area contributed by atoms with Crippen LogP contribution >= 0.6 is 0 Å². The van der Waals surface area contributed by atoms with E-state index in [0.717, 1.165) is 5.56 Å². The fourth-order valence-electron chi connectivity index (χ4n) is 7.48. The average Bonchev–Trinajstić information content (AvgIpc) is 2.85. The number of ether oxygens (including phenoxy) is 2. The molecule has 0 amide bonds. The molecule has 6 nitrogen and oxygen atoms in total. The Morgan fingerprint density at radius 2 is 1.10 bits per heavy atom. The number of hydrogen-bond acceptors (Lipinski definition) is 6. The van der Waals surface area contributed by atoms with Gasteiger partial charge in [0.1, 0.15) is 24.4 Å². The standard InChI is InChI=1S/C31H58O6Si2/c1-20(2)38(21(3)4,22(5)6)36-29-28(33)27(18-32)35-31(34-19-26-16-14-13-15-17-26)30(29)37-39(23(7)8,24(9)10)25(11)12/h13-17,20-25,27-33H,18-19H2,1-12H3/t27?,28-,29?,30?,31+/m0/s1. The fraction of sp³-hybridized carbons (Fsp3) is 0.806. The normalized spacial score (nSPS) is 25.2. The maximum Gasteiger partial charge on any atom is 0.201 e. The minimum absolute atomic E-state index is 0.320. The van der Waals surface area contributed by atoms with Crippen molar-refractivity contribution in [2.75, 3.05) is 6.61 Å². The number of aliphatic hydroxyl groups excluding tert-OH is 2. The lowest BCUT2D eigenvalue weighted by molar-refractivity contribution is -0.298. The van der Waals surface area contributed by atoms with Crippen molar-refractivity contribution in [1.29, 1.82) is 0 Å². The molecule has 8 heteroatoms. The average molecular weight is 583 g/mol. The molecule has 1 fully saturated rings. The molecule has 1 aliphatic heterocycles. The molecule has 1 aromatic carbocycles. The topological polar surface area (TPSA) is 77.4 Å². The molecule has 3 unspecified atom stereocenters. The Kier molecular flexibility index (Phi) is 12.9. The Morgan fingerprint density at radius 3 is 1.49 bits per heavy atom. The first-order chi connectivity index (χ1) is 18.2. The molecule has 0 spiro atoms. The number of rotatable bonds is 14. The molecule has 1 aromatic rings. The van der Waals surface area contributed by atoms with Gasteiger partial charge in [0, 0.05) is 0 Å². The summed E-state index contributed by atoms with van der Waals surface area (Å²) in [4.78, 5) is 0. The molecule has 0 bridgehead atoms. The Bertz CT molecular complexity index is 801. The van der Waals surface area contributed by atoms with Crippen LogP contribution in [0.1, 0.15) is 88.6 Å². The van der Waals surface area contributed by atoms with Gasteiger partial charge in [0.2, 0.25) is 16.6 Å². The molecule has 39 heavy (non-hydrogen) atoms. The van der Waals surface area contributed by atoms with E-state index < -0.39 is 47.3 Å². The fourth-order valence-corrected chi connectivity index (χ4v) is 18.6. The highest BCUT2D eigenvalue weighted by atomic mass is 28.4. The van der Waals surface area contributed by atoms with Gasteiger partial charge in [-0.2, -0.15) is 0 Å². The van der Waals surface area contributed by atoms with E-state index >= 15 is 0 Å². The summed E-state index contributed by atoms with van der Waals surface area (Å²) >= 11 is 0.